The molecule has 2 heterocycles. The molecule has 0 saturated carbocycles. The summed E-state index contributed by atoms with van der Waals surface area (Å²) in [5, 5.41) is 14.1. The topological polar surface area (TPSA) is 88.4 Å². The van der Waals surface area contributed by atoms with Crippen LogP contribution < -0.4 is 5.32 Å². The summed E-state index contributed by atoms with van der Waals surface area (Å²) in [5.74, 6) is 0.333. The third-order valence-corrected chi connectivity index (χ3v) is 4.63. The Hall–Kier alpha value is -2.51. The molecule has 1 aromatic carbocycles. The number of halogens is 1. The minimum atomic E-state index is -0.407. The van der Waals surface area contributed by atoms with E-state index in [4.69, 9.17) is 11.6 Å². The number of piperidine rings is 1. The molecule has 1 saturated heterocycles. The van der Waals surface area contributed by atoms with E-state index in [9.17, 15) is 14.9 Å². The van der Waals surface area contributed by atoms with Gasteiger partial charge in [-0.05, 0) is 37.1 Å². The van der Waals surface area contributed by atoms with Crippen LogP contribution in [0.25, 0.3) is 0 Å². The van der Waals surface area contributed by atoms with Crippen molar-refractivity contribution in [2.75, 3.05) is 18.4 Å². The molecule has 0 spiro atoms. The lowest BCUT2D eigenvalue weighted by molar-refractivity contribution is -0.384. The Labute approximate surface area is 156 Å². The van der Waals surface area contributed by atoms with Gasteiger partial charge in [0.2, 0.25) is 5.91 Å². The van der Waals surface area contributed by atoms with Crippen LogP contribution in [0.3, 0.4) is 0 Å². The van der Waals surface area contributed by atoms with E-state index >= 15 is 0 Å². The van der Waals surface area contributed by atoms with E-state index in [0.717, 1.165) is 24.9 Å². The highest BCUT2D eigenvalue weighted by molar-refractivity contribution is 6.30. The highest BCUT2D eigenvalue weighted by atomic mass is 35.5. The van der Waals surface area contributed by atoms with Crippen LogP contribution in [-0.2, 0) is 11.3 Å². The minimum Gasteiger partial charge on any atom is -0.310 e. The van der Waals surface area contributed by atoms with Crippen molar-refractivity contribution in [1.82, 2.24) is 9.88 Å². The van der Waals surface area contributed by atoms with Gasteiger partial charge in [0.05, 0.1) is 15.9 Å². The first-order valence-electron chi connectivity index (χ1n) is 8.39. The van der Waals surface area contributed by atoms with Crippen molar-refractivity contribution in [2.24, 2.45) is 5.92 Å². The van der Waals surface area contributed by atoms with Gasteiger partial charge >= 0.3 is 0 Å². The maximum atomic E-state index is 12.5. The number of nitrogens with zero attached hydrogens (tertiary/aromatic N) is 3. The van der Waals surface area contributed by atoms with Crippen LogP contribution in [0.5, 0.6) is 0 Å². The Bertz CT molecular complexity index is 780. The first kappa shape index (κ1) is 18.3. The van der Waals surface area contributed by atoms with Crippen molar-refractivity contribution in [3.8, 4) is 0 Å². The van der Waals surface area contributed by atoms with Gasteiger partial charge in [0.15, 0.2) is 0 Å². The van der Waals surface area contributed by atoms with Crippen LogP contribution in [0.15, 0.2) is 42.6 Å². The lowest BCUT2D eigenvalue weighted by Crippen LogP contribution is -2.40. The normalized spacial score (nSPS) is 17.7. The summed E-state index contributed by atoms with van der Waals surface area (Å²) in [6.07, 6.45) is 3.26. The predicted molar refractivity (Wildman–Crippen MR) is 99.0 cm³/mol. The van der Waals surface area contributed by atoms with E-state index in [-0.39, 0.29) is 17.5 Å². The standard InChI is InChI=1S/C18H19ClN4O3/c19-15-5-8-17(20-10-15)21-18(24)14-2-1-9-22(12-14)11-13-3-6-16(7-4-13)23(25)26/h3-8,10,14H,1-2,9,11-12H2,(H,20,21,24). The van der Waals surface area contributed by atoms with Gasteiger partial charge in [-0.2, -0.15) is 0 Å². The third-order valence-electron chi connectivity index (χ3n) is 4.41. The van der Waals surface area contributed by atoms with Gasteiger partial charge in [-0.1, -0.05) is 23.7 Å². The van der Waals surface area contributed by atoms with Crippen LogP contribution >= 0.6 is 11.6 Å². The van der Waals surface area contributed by atoms with E-state index < -0.39 is 4.92 Å². The van der Waals surface area contributed by atoms with Gasteiger partial charge in [0, 0.05) is 31.4 Å². The number of carbonyl (C=O) groups is 1. The largest absolute Gasteiger partial charge is 0.310 e. The number of non-ortho nitro benzene ring substituents is 1. The molecule has 1 N–H and O–H groups in total. The quantitative estimate of drug-likeness (QED) is 0.639. The van der Waals surface area contributed by atoms with Crippen molar-refractivity contribution in [2.45, 2.75) is 19.4 Å². The average molecular weight is 375 g/mol. The lowest BCUT2D eigenvalue weighted by atomic mass is 9.96. The number of aromatic nitrogens is 1. The van der Waals surface area contributed by atoms with Crippen molar-refractivity contribution in [3.05, 3.63) is 63.3 Å². The second-order valence-electron chi connectivity index (χ2n) is 6.35. The highest BCUT2D eigenvalue weighted by Gasteiger charge is 2.26. The smallest absolute Gasteiger partial charge is 0.269 e. The van der Waals surface area contributed by atoms with E-state index in [1.807, 2.05) is 0 Å². The first-order chi connectivity index (χ1) is 12.5. The van der Waals surface area contributed by atoms with Gasteiger partial charge in [-0.3, -0.25) is 19.8 Å². The third kappa shape index (κ3) is 4.77. The average Bonchev–Trinajstić information content (AvgIpc) is 2.64. The summed E-state index contributed by atoms with van der Waals surface area (Å²) < 4.78 is 0. The zero-order valence-corrected chi connectivity index (χ0v) is 14.9. The molecule has 136 valence electrons. The molecule has 0 aliphatic carbocycles. The molecule has 1 aliphatic rings. The number of carbonyl (C=O) groups excluding carboxylic acids is 1. The SMILES string of the molecule is O=C(Nc1ccc(Cl)cn1)C1CCCN(Cc2ccc([N+](=O)[O-])cc2)C1. The second-order valence-corrected chi connectivity index (χ2v) is 6.79. The molecule has 1 aromatic heterocycles. The maximum absolute atomic E-state index is 12.5. The molecule has 26 heavy (non-hydrogen) atoms. The molecular formula is C18H19ClN4O3. The summed E-state index contributed by atoms with van der Waals surface area (Å²) in [4.78, 5) is 29.1. The van der Waals surface area contributed by atoms with Crippen LogP contribution in [0.1, 0.15) is 18.4 Å². The molecule has 1 fully saturated rings. The maximum Gasteiger partial charge on any atom is 0.269 e. The number of nitro benzene ring substituents is 1. The van der Waals surface area contributed by atoms with Crippen molar-refractivity contribution in [3.63, 3.8) is 0 Å². The van der Waals surface area contributed by atoms with E-state index in [2.05, 4.69) is 15.2 Å². The van der Waals surface area contributed by atoms with Gasteiger partial charge < -0.3 is 5.32 Å². The highest BCUT2D eigenvalue weighted by Crippen LogP contribution is 2.21. The van der Waals surface area contributed by atoms with E-state index in [0.29, 0.717) is 23.9 Å². The summed E-state index contributed by atoms with van der Waals surface area (Å²) in [7, 11) is 0. The number of nitrogens with one attached hydrogen (secondary N) is 1. The molecule has 3 rings (SSSR count). The van der Waals surface area contributed by atoms with Crippen LogP contribution in [-0.4, -0.2) is 33.8 Å². The Morgan fingerprint density at radius 1 is 1.31 bits per heavy atom. The predicted octanol–water partition coefficient (Wildman–Crippen LogP) is 3.49. The number of benzene rings is 1. The van der Waals surface area contributed by atoms with Gasteiger partial charge in [-0.15, -0.1) is 0 Å². The van der Waals surface area contributed by atoms with Crippen LogP contribution in [0.2, 0.25) is 5.02 Å². The number of amides is 1. The monoisotopic (exact) mass is 374 g/mol. The molecule has 8 heteroatoms. The first-order valence-corrected chi connectivity index (χ1v) is 8.77. The number of pyridine rings is 1. The molecular weight excluding hydrogens is 356 g/mol. The number of hydrogen-bond donors (Lipinski definition) is 1. The summed E-state index contributed by atoms with van der Waals surface area (Å²) in [6, 6.07) is 9.91. The van der Waals surface area contributed by atoms with Gasteiger partial charge in [-0.25, -0.2) is 4.98 Å². The minimum absolute atomic E-state index is 0.0479. The van der Waals surface area contributed by atoms with Crippen LogP contribution in [0, 0.1) is 16.0 Å². The zero-order valence-electron chi connectivity index (χ0n) is 14.1. The zero-order chi connectivity index (χ0) is 18.5. The fourth-order valence-corrected chi connectivity index (χ4v) is 3.18. The van der Waals surface area contributed by atoms with E-state index in [1.165, 1.54) is 18.3 Å². The Balaban J connectivity index is 1.57. The second kappa shape index (κ2) is 8.25. The number of hydrogen-bond acceptors (Lipinski definition) is 5. The summed E-state index contributed by atoms with van der Waals surface area (Å²) in [5.41, 5.74) is 1.08. The fraction of sp³-hybridized carbons (Fsp3) is 0.333. The Morgan fingerprint density at radius 3 is 2.73 bits per heavy atom. The van der Waals surface area contributed by atoms with Crippen molar-refractivity contribution >= 4 is 29.0 Å². The molecule has 1 amide bonds. The molecule has 0 radical (unpaired) electrons. The number of nitro groups is 1. The van der Waals surface area contributed by atoms with Crippen LogP contribution in [0.4, 0.5) is 11.5 Å². The Kier molecular flexibility index (Phi) is 5.80. The fourth-order valence-electron chi connectivity index (χ4n) is 3.07. The molecule has 0 bridgehead atoms. The molecule has 1 unspecified atom stereocenters. The van der Waals surface area contributed by atoms with E-state index in [1.54, 1.807) is 24.3 Å². The molecule has 1 aliphatic heterocycles. The Morgan fingerprint density at radius 2 is 2.08 bits per heavy atom. The number of rotatable bonds is 5. The molecule has 1 atom stereocenters. The molecule has 2 aromatic rings. The lowest BCUT2D eigenvalue weighted by Gasteiger charge is -2.31. The number of likely N-dealkylation sites (tertiary alicyclic amines) is 1. The van der Waals surface area contributed by atoms with Crippen molar-refractivity contribution < 1.29 is 9.72 Å². The van der Waals surface area contributed by atoms with Crippen molar-refractivity contribution in [1.29, 1.82) is 0 Å². The van der Waals surface area contributed by atoms with Gasteiger partial charge in [0.1, 0.15) is 5.82 Å². The summed E-state index contributed by atoms with van der Waals surface area (Å²) >= 11 is 5.80. The van der Waals surface area contributed by atoms with Gasteiger partial charge in [0.25, 0.3) is 5.69 Å². The summed E-state index contributed by atoms with van der Waals surface area (Å²) in [6.45, 7) is 2.22. The molecule has 7 nitrogen and oxygen atoms in total. The number of anilines is 1.